The predicted octanol–water partition coefficient (Wildman–Crippen LogP) is 0.548. The molecule has 0 aromatic carbocycles. The third kappa shape index (κ3) is 3.34. The molecule has 2 saturated heterocycles. The molecule has 0 aromatic heterocycles. The van der Waals surface area contributed by atoms with Gasteiger partial charge in [-0.25, -0.2) is 0 Å². The summed E-state index contributed by atoms with van der Waals surface area (Å²) in [6.07, 6.45) is 1.55. The number of hydrogen-bond acceptors (Lipinski definition) is 3. The van der Waals surface area contributed by atoms with Crippen LogP contribution in [0, 0.1) is 0 Å². The first-order chi connectivity index (χ1) is 7.75. The molecule has 16 heavy (non-hydrogen) atoms. The minimum atomic E-state index is 0.0240. The molecule has 0 saturated carbocycles. The number of alkyl halides is 1. The van der Waals surface area contributed by atoms with Crippen LogP contribution in [-0.4, -0.2) is 67.0 Å². The number of carbonyl (C=O) groups is 1. The van der Waals surface area contributed by atoms with Crippen LogP contribution >= 0.6 is 11.6 Å². The molecular weight excluding hydrogens is 228 g/mol. The van der Waals surface area contributed by atoms with E-state index in [9.17, 15) is 4.79 Å². The maximum atomic E-state index is 11.5. The van der Waals surface area contributed by atoms with Gasteiger partial charge in [-0.15, -0.1) is 11.6 Å². The van der Waals surface area contributed by atoms with E-state index < -0.39 is 0 Å². The van der Waals surface area contributed by atoms with Crippen LogP contribution in [0.3, 0.4) is 0 Å². The first-order valence-corrected chi connectivity index (χ1v) is 6.41. The van der Waals surface area contributed by atoms with E-state index in [1.54, 1.807) is 0 Å². The minimum absolute atomic E-state index is 0.0240. The van der Waals surface area contributed by atoms with Crippen molar-refractivity contribution in [2.45, 2.75) is 18.2 Å². The summed E-state index contributed by atoms with van der Waals surface area (Å²) in [5.41, 5.74) is 0. The molecule has 1 atom stereocenters. The van der Waals surface area contributed by atoms with Crippen molar-refractivity contribution in [2.24, 2.45) is 0 Å². The molecule has 0 radical (unpaired) electrons. The fourth-order valence-electron chi connectivity index (χ4n) is 2.25. The van der Waals surface area contributed by atoms with Crippen LogP contribution in [0.1, 0.15) is 12.8 Å². The maximum absolute atomic E-state index is 11.5. The van der Waals surface area contributed by atoms with Crippen LogP contribution in [0.15, 0.2) is 0 Å². The number of halogens is 1. The molecule has 92 valence electrons. The van der Waals surface area contributed by atoms with Crippen LogP contribution in [0.25, 0.3) is 0 Å². The van der Waals surface area contributed by atoms with E-state index in [-0.39, 0.29) is 11.3 Å². The van der Waals surface area contributed by atoms with Crippen molar-refractivity contribution in [3.63, 3.8) is 0 Å². The summed E-state index contributed by atoms with van der Waals surface area (Å²) in [6.45, 7) is 6.35. The molecule has 0 bridgehead atoms. The van der Waals surface area contributed by atoms with Gasteiger partial charge in [0.2, 0.25) is 5.91 Å². The molecule has 5 heteroatoms. The second-order valence-corrected chi connectivity index (χ2v) is 5.07. The summed E-state index contributed by atoms with van der Waals surface area (Å²) in [5.74, 6) is 0.210. The predicted molar refractivity (Wildman–Crippen MR) is 62.7 cm³/mol. The zero-order chi connectivity index (χ0) is 11.4. The Hall–Kier alpha value is -0.320. The number of carbonyl (C=O) groups excluding carboxylic acids is 1. The average molecular weight is 247 g/mol. The topological polar surface area (TPSA) is 32.8 Å². The van der Waals surface area contributed by atoms with Gasteiger partial charge in [-0.05, 0) is 6.42 Å². The van der Waals surface area contributed by atoms with E-state index in [4.69, 9.17) is 16.3 Å². The lowest BCUT2D eigenvalue weighted by Crippen LogP contribution is -2.38. The van der Waals surface area contributed by atoms with Crippen molar-refractivity contribution in [3.05, 3.63) is 0 Å². The van der Waals surface area contributed by atoms with E-state index in [1.165, 1.54) is 0 Å². The van der Waals surface area contributed by atoms with E-state index in [0.29, 0.717) is 6.42 Å². The third-order valence-corrected chi connectivity index (χ3v) is 3.47. The Balaban J connectivity index is 1.62. The van der Waals surface area contributed by atoms with Gasteiger partial charge < -0.3 is 9.64 Å². The van der Waals surface area contributed by atoms with Crippen molar-refractivity contribution in [1.82, 2.24) is 9.80 Å². The fraction of sp³-hybridized carbons (Fsp3) is 0.909. The second-order valence-electron chi connectivity index (χ2n) is 4.45. The summed E-state index contributed by atoms with van der Waals surface area (Å²) in [7, 11) is 0. The number of nitrogens with zero attached hydrogens (tertiary/aromatic N) is 2. The Kier molecular flexibility index (Phi) is 4.44. The summed E-state index contributed by atoms with van der Waals surface area (Å²) >= 11 is 5.94. The van der Waals surface area contributed by atoms with Crippen molar-refractivity contribution in [3.8, 4) is 0 Å². The molecular formula is C11H19ClN2O2. The molecule has 2 heterocycles. The summed E-state index contributed by atoms with van der Waals surface area (Å²) in [5, 5.41) is 0.0240. The van der Waals surface area contributed by atoms with Crippen molar-refractivity contribution >= 4 is 17.5 Å². The Morgan fingerprint density at radius 1 is 1.31 bits per heavy atom. The summed E-state index contributed by atoms with van der Waals surface area (Å²) in [6, 6.07) is 0. The van der Waals surface area contributed by atoms with Gasteiger partial charge in [0.25, 0.3) is 0 Å². The van der Waals surface area contributed by atoms with Crippen LogP contribution in [0.5, 0.6) is 0 Å². The first-order valence-electron chi connectivity index (χ1n) is 5.97. The van der Waals surface area contributed by atoms with Gasteiger partial charge in [0.05, 0.1) is 18.6 Å². The van der Waals surface area contributed by atoms with Crippen LogP contribution < -0.4 is 0 Å². The zero-order valence-corrected chi connectivity index (χ0v) is 10.3. The highest BCUT2D eigenvalue weighted by atomic mass is 35.5. The fourth-order valence-corrected chi connectivity index (χ4v) is 2.55. The Morgan fingerprint density at radius 2 is 2.06 bits per heavy atom. The third-order valence-electron chi connectivity index (χ3n) is 3.17. The Labute approximate surface area is 101 Å². The number of rotatable bonds is 4. The first kappa shape index (κ1) is 12.1. The Morgan fingerprint density at radius 3 is 2.69 bits per heavy atom. The molecule has 0 aromatic rings. The van der Waals surface area contributed by atoms with Gasteiger partial charge in [0.15, 0.2) is 0 Å². The van der Waals surface area contributed by atoms with Gasteiger partial charge >= 0.3 is 0 Å². The highest BCUT2D eigenvalue weighted by Gasteiger charge is 2.27. The highest BCUT2D eigenvalue weighted by Crippen LogP contribution is 2.16. The molecule has 0 N–H and O–H groups in total. The zero-order valence-electron chi connectivity index (χ0n) is 9.53. The van der Waals surface area contributed by atoms with E-state index in [1.807, 2.05) is 4.90 Å². The molecule has 2 aliphatic heterocycles. The average Bonchev–Trinajstić information content (AvgIpc) is 2.59. The van der Waals surface area contributed by atoms with Crippen molar-refractivity contribution in [2.75, 3.05) is 45.9 Å². The van der Waals surface area contributed by atoms with E-state index in [2.05, 4.69) is 4.90 Å². The molecule has 2 aliphatic rings. The lowest BCUT2D eigenvalue weighted by atomic mass is 10.3. The summed E-state index contributed by atoms with van der Waals surface area (Å²) < 4.78 is 5.29. The SMILES string of the molecule is O=C1CC(Cl)CN1CCCN1CCOCC1. The van der Waals surface area contributed by atoms with E-state index >= 15 is 0 Å². The Bertz CT molecular complexity index is 244. The number of likely N-dealkylation sites (tertiary alicyclic amines) is 1. The standard InChI is InChI=1S/C11H19ClN2O2/c12-10-8-11(15)14(9-10)3-1-2-13-4-6-16-7-5-13/h10H,1-9H2. The van der Waals surface area contributed by atoms with Crippen molar-refractivity contribution in [1.29, 1.82) is 0 Å². The number of amides is 1. The second kappa shape index (κ2) is 5.84. The van der Waals surface area contributed by atoms with Gasteiger partial charge in [0.1, 0.15) is 0 Å². The van der Waals surface area contributed by atoms with Crippen LogP contribution in [0.4, 0.5) is 0 Å². The van der Waals surface area contributed by atoms with Gasteiger partial charge in [-0.3, -0.25) is 9.69 Å². The molecule has 0 aliphatic carbocycles. The maximum Gasteiger partial charge on any atom is 0.224 e. The molecule has 0 spiro atoms. The lowest BCUT2D eigenvalue weighted by Gasteiger charge is -2.27. The monoisotopic (exact) mass is 246 g/mol. The van der Waals surface area contributed by atoms with E-state index in [0.717, 1.165) is 52.4 Å². The smallest absolute Gasteiger partial charge is 0.224 e. The molecule has 4 nitrogen and oxygen atoms in total. The minimum Gasteiger partial charge on any atom is -0.379 e. The van der Waals surface area contributed by atoms with Crippen molar-refractivity contribution < 1.29 is 9.53 Å². The quantitative estimate of drug-likeness (QED) is 0.680. The number of hydrogen-bond donors (Lipinski definition) is 0. The number of ether oxygens (including phenoxy) is 1. The number of morpholine rings is 1. The summed E-state index contributed by atoms with van der Waals surface area (Å²) in [4.78, 5) is 15.8. The van der Waals surface area contributed by atoms with Crippen LogP contribution in [-0.2, 0) is 9.53 Å². The van der Waals surface area contributed by atoms with Gasteiger partial charge in [-0.1, -0.05) is 0 Å². The largest absolute Gasteiger partial charge is 0.379 e. The lowest BCUT2D eigenvalue weighted by molar-refractivity contribution is -0.127. The molecule has 2 rings (SSSR count). The van der Waals surface area contributed by atoms with Gasteiger partial charge in [0, 0.05) is 39.1 Å². The highest BCUT2D eigenvalue weighted by molar-refractivity contribution is 6.22. The molecule has 1 unspecified atom stereocenters. The van der Waals surface area contributed by atoms with Crippen LogP contribution in [0.2, 0.25) is 0 Å². The molecule has 2 fully saturated rings. The molecule has 1 amide bonds. The normalized spacial score (nSPS) is 27.7. The van der Waals surface area contributed by atoms with Gasteiger partial charge in [-0.2, -0.15) is 0 Å².